The number of urea groups is 1. The summed E-state index contributed by atoms with van der Waals surface area (Å²) in [7, 11) is 1.75. The normalized spacial score (nSPS) is 16.7. The monoisotopic (exact) mass is 252 g/mol. The van der Waals surface area contributed by atoms with Crippen LogP contribution in [-0.4, -0.2) is 33.4 Å². The molecule has 0 saturated heterocycles. The van der Waals surface area contributed by atoms with Gasteiger partial charge >= 0.3 is 12.0 Å². The average molecular weight is 252 g/mol. The number of amides is 2. The van der Waals surface area contributed by atoms with E-state index in [1.165, 1.54) is 6.20 Å². The van der Waals surface area contributed by atoms with E-state index < -0.39 is 17.4 Å². The number of nitrogens with zero attached hydrogens (tertiary/aromatic N) is 2. The number of aliphatic carboxylic acids is 1. The van der Waals surface area contributed by atoms with Crippen molar-refractivity contribution >= 4 is 17.7 Å². The van der Waals surface area contributed by atoms with Crippen molar-refractivity contribution in [2.24, 2.45) is 12.5 Å². The number of aryl methyl sites for hydroxylation is 1. The van der Waals surface area contributed by atoms with Gasteiger partial charge in [-0.15, -0.1) is 0 Å². The summed E-state index contributed by atoms with van der Waals surface area (Å²) in [4.78, 5) is 22.7. The second kappa shape index (κ2) is 4.67. The maximum atomic E-state index is 11.6. The molecule has 1 aliphatic rings. The molecule has 0 atom stereocenters. The summed E-state index contributed by atoms with van der Waals surface area (Å²) >= 11 is 0. The van der Waals surface area contributed by atoms with Crippen molar-refractivity contribution in [3.05, 3.63) is 12.4 Å². The predicted octanol–water partition coefficient (Wildman–Crippen LogP) is 0.796. The largest absolute Gasteiger partial charge is 0.481 e. The Morgan fingerprint density at radius 1 is 1.56 bits per heavy atom. The third-order valence-corrected chi connectivity index (χ3v) is 3.31. The highest BCUT2D eigenvalue weighted by atomic mass is 16.4. The Morgan fingerprint density at radius 2 is 2.28 bits per heavy atom. The molecule has 0 aromatic carbocycles. The van der Waals surface area contributed by atoms with Crippen molar-refractivity contribution < 1.29 is 14.7 Å². The maximum absolute atomic E-state index is 11.6. The molecule has 1 fully saturated rings. The number of anilines is 1. The van der Waals surface area contributed by atoms with Crippen molar-refractivity contribution in [1.82, 2.24) is 15.1 Å². The van der Waals surface area contributed by atoms with Gasteiger partial charge < -0.3 is 15.7 Å². The molecular weight excluding hydrogens is 236 g/mol. The first kappa shape index (κ1) is 12.4. The molecule has 2 amide bonds. The molecule has 0 aliphatic heterocycles. The Morgan fingerprint density at radius 3 is 2.72 bits per heavy atom. The van der Waals surface area contributed by atoms with E-state index in [9.17, 15) is 9.59 Å². The molecule has 0 unspecified atom stereocenters. The first-order valence-corrected chi connectivity index (χ1v) is 5.79. The number of aromatic nitrogens is 2. The molecule has 1 saturated carbocycles. The zero-order valence-electron chi connectivity index (χ0n) is 10.1. The van der Waals surface area contributed by atoms with Crippen LogP contribution in [0, 0.1) is 5.41 Å². The number of nitrogens with one attached hydrogen (secondary N) is 2. The molecule has 0 radical (unpaired) electrons. The molecular formula is C11H16N4O3. The Hall–Kier alpha value is -2.05. The Bertz CT molecular complexity index is 465. The standard InChI is InChI=1S/C11H16N4O3/c1-15-6-8(5-13-15)14-10(18)12-7-11(9(16)17)3-2-4-11/h5-6H,2-4,7H2,1H3,(H,16,17)(H2,12,14,18). The minimum Gasteiger partial charge on any atom is -0.481 e. The molecule has 7 nitrogen and oxygen atoms in total. The van der Waals surface area contributed by atoms with Crippen LogP contribution < -0.4 is 10.6 Å². The van der Waals surface area contributed by atoms with Crippen LogP contribution in [0.3, 0.4) is 0 Å². The van der Waals surface area contributed by atoms with Crippen LogP contribution in [0.2, 0.25) is 0 Å². The summed E-state index contributed by atoms with van der Waals surface area (Å²) in [6.45, 7) is 0.161. The number of carboxylic acid groups (broad SMARTS) is 1. The summed E-state index contributed by atoms with van der Waals surface area (Å²) in [5.74, 6) is -0.838. The smallest absolute Gasteiger partial charge is 0.319 e. The zero-order chi connectivity index (χ0) is 13.2. The van der Waals surface area contributed by atoms with Crippen LogP contribution in [0.15, 0.2) is 12.4 Å². The van der Waals surface area contributed by atoms with Gasteiger partial charge in [0.25, 0.3) is 0 Å². The fraction of sp³-hybridized carbons (Fsp3) is 0.545. The zero-order valence-corrected chi connectivity index (χ0v) is 10.1. The summed E-state index contributed by atoms with van der Waals surface area (Å²) < 4.78 is 1.57. The predicted molar refractivity (Wildman–Crippen MR) is 64.1 cm³/mol. The molecule has 2 rings (SSSR count). The molecule has 1 heterocycles. The molecule has 3 N–H and O–H groups in total. The van der Waals surface area contributed by atoms with Crippen molar-refractivity contribution in [1.29, 1.82) is 0 Å². The molecule has 1 aromatic heterocycles. The van der Waals surface area contributed by atoms with Crippen molar-refractivity contribution in [2.45, 2.75) is 19.3 Å². The summed E-state index contributed by atoms with van der Waals surface area (Å²) in [5, 5.41) is 18.2. The van der Waals surface area contributed by atoms with Gasteiger partial charge in [0.05, 0.1) is 17.3 Å². The molecule has 7 heteroatoms. The van der Waals surface area contributed by atoms with Crippen molar-refractivity contribution in [2.75, 3.05) is 11.9 Å². The van der Waals surface area contributed by atoms with Gasteiger partial charge in [0.1, 0.15) is 0 Å². The van der Waals surface area contributed by atoms with Gasteiger partial charge in [0.2, 0.25) is 0 Å². The van der Waals surface area contributed by atoms with Gasteiger partial charge in [-0.2, -0.15) is 5.10 Å². The Labute approximate surface area is 104 Å². The van der Waals surface area contributed by atoms with Crippen LogP contribution in [0.25, 0.3) is 0 Å². The third kappa shape index (κ3) is 2.44. The van der Waals surface area contributed by atoms with Gasteiger partial charge in [-0.1, -0.05) is 6.42 Å². The van der Waals surface area contributed by atoms with E-state index in [1.807, 2.05) is 0 Å². The van der Waals surface area contributed by atoms with E-state index in [2.05, 4.69) is 15.7 Å². The van der Waals surface area contributed by atoms with Crippen molar-refractivity contribution in [3.63, 3.8) is 0 Å². The first-order chi connectivity index (χ1) is 8.52. The Kier molecular flexibility index (Phi) is 3.22. The quantitative estimate of drug-likeness (QED) is 0.738. The maximum Gasteiger partial charge on any atom is 0.319 e. The lowest BCUT2D eigenvalue weighted by Crippen LogP contribution is -2.48. The molecule has 0 spiro atoms. The third-order valence-electron chi connectivity index (χ3n) is 3.31. The highest BCUT2D eigenvalue weighted by Gasteiger charge is 2.44. The van der Waals surface area contributed by atoms with Gasteiger partial charge in [0.15, 0.2) is 0 Å². The fourth-order valence-corrected chi connectivity index (χ4v) is 1.98. The lowest BCUT2D eigenvalue weighted by Gasteiger charge is -2.37. The number of carbonyl (C=O) groups excluding carboxylic acids is 1. The van der Waals surface area contributed by atoms with E-state index in [1.54, 1.807) is 17.9 Å². The number of rotatable bonds is 4. The SMILES string of the molecule is Cn1cc(NC(=O)NCC2(C(=O)O)CCC2)cn1. The summed E-state index contributed by atoms with van der Waals surface area (Å²) in [6.07, 6.45) is 5.33. The fourth-order valence-electron chi connectivity index (χ4n) is 1.98. The van der Waals surface area contributed by atoms with Crippen molar-refractivity contribution in [3.8, 4) is 0 Å². The highest BCUT2D eigenvalue weighted by Crippen LogP contribution is 2.40. The second-order valence-electron chi connectivity index (χ2n) is 4.65. The van der Waals surface area contributed by atoms with E-state index in [4.69, 9.17) is 5.11 Å². The van der Waals surface area contributed by atoms with Crippen LogP contribution in [-0.2, 0) is 11.8 Å². The molecule has 1 aliphatic carbocycles. The average Bonchev–Trinajstić information content (AvgIpc) is 2.61. The summed E-state index contributed by atoms with van der Waals surface area (Å²) in [6, 6.07) is -0.407. The van der Waals surface area contributed by atoms with E-state index >= 15 is 0 Å². The van der Waals surface area contributed by atoms with E-state index in [-0.39, 0.29) is 6.54 Å². The van der Waals surface area contributed by atoms with Crippen LogP contribution in [0.4, 0.5) is 10.5 Å². The molecule has 98 valence electrons. The van der Waals surface area contributed by atoms with Gasteiger partial charge in [-0.25, -0.2) is 4.79 Å². The van der Waals surface area contributed by atoms with Crippen LogP contribution >= 0.6 is 0 Å². The lowest BCUT2D eigenvalue weighted by atomic mass is 9.69. The van der Waals surface area contributed by atoms with Gasteiger partial charge in [0, 0.05) is 19.8 Å². The number of hydrogen-bond donors (Lipinski definition) is 3. The number of carbonyl (C=O) groups is 2. The minimum atomic E-state index is -0.838. The Balaban J connectivity index is 1.83. The molecule has 0 bridgehead atoms. The molecule has 18 heavy (non-hydrogen) atoms. The molecule has 1 aromatic rings. The van der Waals surface area contributed by atoms with Gasteiger partial charge in [-0.05, 0) is 12.8 Å². The van der Waals surface area contributed by atoms with Gasteiger partial charge in [-0.3, -0.25) is 9.48 Å². The van der Waals surface area contributed by atoms with Crippen LogP contribution in [0.5, 0.6) is 0 Å². The number of hydrogen-bond acceptors (Lipinski definition) is 3. The number of carboxylic acids is 1. The highest BCUT2D eigenvalue weighted by molar-refractivity contribution is 5.89. The van der Waals surface area contributed by atoms with E-state index in [0.717, 1.165) is 6.42 Å². The first-order valence-electron chi connectivity index (χ1n) is 5.79. The topological polar surface area (TPSA) is 96.2 Å². The summed E-state index contributed by atoms with van der Waals surface area (Å²) in [5.41, 5.74) is -0.195. The van der Waals surface area contributed by atoms with E-state index in [0.29, 0.717) is 18.5 Å². The lowest BCUT2D eigenvalue weighted by molar-refractivity contribution is -0.153. The minimum absolute atomic E-state index is 0.161. The second-order valence-corrected chi connectivity index (χ2v) is 4.65. The van der Waals surface area contributed by atoms with Crippen LogP contribution in [0.1, 0.15) is 19.3 Å².